The number of hydrogen-bond acceptors (Lipinski definition) is 4. The number of nitrogens with one attached hydrogen (secondary N) is 1. The van der Waals surface area contributed by atoms with Crippen LogP contribution in [0.2, 0.25) is 0 Å². The number of carbonyl (C=O) groups is 1. The van der Waals surface area contributed by atoms with Crippen LogP contribution in [0.15, 0.2) is 18.3 Å². The van der Waals surface area contributed by atoms with E-state index < -0.39 is 11.7 Å². The van der Waals surface area contributed by atoms with Crippen LogP contribution < -0.4 is 10.2 Å². The van der Waals surface area contributed by atoms with Crippen molar-refractivity contribution in [1.29, 1.82) is 0 Å². The van der Waals surface area contributed by atoms with E-state index in [2.05, 4.69) is 24.1 Å². The van der Waals surface area contributed by atoms with Crippen LogP contribution in [0, 0.1) is 11.3 Å². The van der Waals surface area contributed by atoms with Gasteiger partial charge in [0.05, 0.1) is 11.7 Å². The summed E-state index contributed by atoms with van der Waals surface area (Å²) < 4.78 is 43.8. The van der Waals surface area contributed by atoms with Gasteiger partial charge in [0.2, 0.25) is 5.91 Å². The average Bonchev–Trinajstić information content (AvgIpc) is 2.66. The highest BCUT2D eigenvalue weighted by Gasteiger charge is 2.34. The largest absolute Gasteiger partial charge is 0.417 e. The second-order valence-corrected chi connectivity index (χ2v) is 8.36. The fourth-order valence-electron chi connectivity index (χ4n) is 3.92. The van der Waals surface area contributed by atoms with Gasteiger partial charge in [-0.3, -0.25) is 4.79 Å². The van der Waals surface area contributed by atoms with Gasteiger partial charge >= 0.3 is 6.18 Å². The predicted octanol–water partition coefficient (Wildman–Crippen LogP) is 3.64. The molecule has 2 aliphatic heterocycles. The number of pyridine rings is 1. The van der Waals surface area contributed by atoms with Gasteiger partial charge in [0.15, 0.2) is 0 Å². The highest BCUT2D eigenvalue weighted by Crippen LogP contribution is 2.33. The Labute approximate surface area is 163 Å². The number of alkyl halides is 3. The molecule has 2 fully saturated rings. The number of aromatic nitrogens is 1. The smallest absolute Gasteiger partial charge is 0.376 e. The van der Waals surface area contributed by atoms with E-state index in [1.807, 2.05) is 4.90 Å². The number of halogens is 3. The van der Waals surface area contributed by atoms with Crippen LogP contribution in [0.3, 0.4) is 0 Å². The number of hydrogen-bond donors (Lipinski definition) is 1. The Morgan fingerprint density at radius 3 is 2.61 bits per heavy atom. The normalized spacial score (nSPS) is 23.5. The maximum absolute atomic E-state index is 12.6. The van der Waals surface area contributed by atoms with Crippen molar-refractivity contribution in [3.05, 3.63) is 23.9 Å². The van der Waals surface area contributed by atoms with Crippen molar-refractivity contribution < 1.29 is 22.7 Å². The molecule has 8 heteroatoms. The van der Waals surface area contributed by atoms with Crippen LogP contribution in [0.25, 0.3) is 0 Å². The second kappa shape index (κ2) is 8.27. The van der Waals surface area contributed by atoms with Crippen molar-refractivity contribution >= 4 is 11.7 Å². The fourth-order valence-corrected chi connectivity index (χ4v) is 3.92. The van der Waals surface area contributed by atoms with E-state index in [1.54, 1.807) is 0 Å². The van der Waals surface area contributed by atoms with Gasteiger partial charge in [-0.05, 0) is 43.2 Å². The van der Waals surface area contributed by atoms with E-state index in [0.29, 0.717) is 38.3 Å². The van der Waals surface area contributed by atoms with Crippen molar-refractivity contribution in [2.45, 2.75) is 51.8 Å². The Morgan fingerprint density at radius 1 is 1.32 bits per heavy atom. The summed E-state index contributed by atoms with van der Waals surface area (Å²) >= 11 is 0. The van der Waals surface area contributed by atoms with E-state index in [0.717, 1.165) is 31.7 Å². The molecule has 2 aliphatic rings. The lowest BCUT2D eigenvalue weighted by Gasteiger charge is -2.39. The van der Waals surface area contributed by atoms with Gasteiger partial charge in [-0.1, -0.05) is 13.8 Å². The number of anilines is 1. The molecule has 0 spiro atoms. The lowest BCUT2D eigenvalue weighted by Crippen LogP contribution is -2.47. The van der Waals surface area contributed by atoms with Gasteiger partial charge in [-0.2, -0.15) is 13.2 Å². The molecule has 28 heavy (non-hydrogen) atoms. The molecule has 0 radical (unpaired) electrons. The lowest BCUT2D eigenvalue weighted by atomic mass is 9.80. The third kappa shape index (κ3) is 4.96. The minimum atomic E-state index is -4.38. The molecule has 0 bridgehead atoms. The minimum absolute atomic E-state index is 0.0293. The van der Waals surface area contributed by atoms with E-state index >= 15 is 0 Å². The molecule has 1 atom stereocenters. The third-order valence-corrected chi connectivity index (χ3v) is 5.88. The molecular weight excluding hydrogens is 371 g/mol. The summed E-state index contributed by atoms with van der Waals surface area (Å²) in [4.78, 5) is 18.4. The summed E-state index contributed by atoms with van der Waals surface area (Å²) in [5.41, 5.74) is -0.693. The van der Waals surface area contributed by atoms with Gasteiger partial charge in [-0.25, -0.2) is 4.98 Å². The van der Waals surface area contributed by atoms with Crippen LogP contribution in [-0.4, -0.2) is 43.2 Å². The maximum Gasteiger partial charge on any atom is 0.417 e. The summed E-state index contributed by atoms with van der Waals surface area (Å²) in [6.45, 7) is 6.79. The first-order valence-electron chi connectivity index (χ1n) is 9.84. The molecule has 0 saturated carbocycles. The number of amides is 1. The Morgan fingerprint density at radius 2 is 2.04 bits per heavy atom. The molecule has 2 saturated heterocycles. The second-order valence-electron chi connectivity index (χ2n) is 8.36. The zero-order valence-corrected chi connectivity index (χ0v) is 16.4. The molecule has 1 unspecified atom stereocenters. The van der Waals surface area contributed by atoms with Crippen LogP contribution in [0.5, 0.6) is 0 Å². The summed E-state index contributed by atoms with van der Waals surface area (Å²) in [7, 11) is 0. The minimum Gasteiger partial charge on any atom is -0.376 e. The van der Waals surface area contributed by atoms with Gasteiger partial charge < -0.3 is 15.0 Å². The van der Waals surface area contributed by atoms with Crippen molar-refractivity contribution in [2.24, 2.45) is 11.3 Å². The lowest BCUT2D eigenvalue weighted by molar-refractivity contribution is -0.137. The van der Waals surface area contributed by atoms with Crippen LogP contribution in [-0.2, 0) is 15.7 Å². The van der Waals surface area contributed by atoms with Gasteiger partial charge in [0, 0.05) is 38.4 Å². The summed E-state index contributed by atoms with van der Waals surface area (Å²) in [6, 6.07) is 2.44. The number of carbonyl (C=O) groups excluding carboxylic acids is 1. The van der Waals surface area contributed by atoms with E-state index in [1.165, 1.54) is 6.07 Å². The topological polar surface area (TPSA) is 54.5 Å². The molecule has 1 aromatic rings. The van der Waals surface area contributed by atoms with Gasteiger partial charge in [-0.15, -0.1) is 0 Å². The molecule has 0 aliphatic carbocycles. The highest BCUT2D eigenvalue weighted by atomic mass is 19.4. The summed E-state index contributed by atoms with van der Waals surface area (Å²) in [6.07, 6.45) is -0.0400. The quantitative estimate of drug-likeness (QED) is 0.840. The third-order valence-electron chi connectivity index (χ3n) is 5.88. The molecule has 5 nitrogen and oxygen atoms in total. The number of ether oxygens (including phenoxy) is 1. The Bertz CT molecular complexity index is 668. The number of rotatable bonds is 4. The van der Waals surface area contributed by atoms with E-state index in [-0.39, 0.29) is 23.3 Å². The van der Waals surface area contributed by atoms with Gasteiger partial charge in [0.25, 0.3) is 0 Å². The molecule has 1 N–H and O–H groups in total. The summed E-state index contributed by atoms with van der Waals surface area (Å²) in [5, 5.41) is 3.03. The van der Waals surface area contributed by atoms with Gasteiger partial charge in [0.1, 0.15) is 5.82 Å². The van der Waals surface area contributed by atoms with Crippen molar-refractivity contribution in [1.82, 2.24) is 10.3 Å². The first-order chi connectivity index (χ1) is 13.2. The SMILES string of the molecule is CC1(C)CCCOC1CNC(=O)C1CCN(c2ccc(C(F)(F)F)cn2)CC1. The van der Waals surface area contributed by atoms with Crippen molar-refractivity contribution in [3.8, 4) is 0 Å². The van der Waals surface area contributed by atoms with Crippen molar-refractivity contribution in [2.75, 3.05) is 31.1 Å². The maximum atomic E-state index is 12.6. The van der Waals surface area contributed by atoms with Crippen LogP contribution in [0.4, 0.5) is 19.0 Å². The predicted molar refractivity (Wildman–Crippen MR) is 99.9 cm³/mol. The molecule has 1 amide bonds. The number of piperidine rings is 1. The Kier molecular flexibility index (Phi) is 6.17. The monoisotopic (exact) mass is 399 g/mol. The Hall–Kier alpha value is -1.83. The standard InChI is InChI=1S/C20H28F3N3O2/c1-19(2)8-3-11-28-16(19)13-25-18(27)14-6-9-26(10-7-14)17-5-4-15(12-24-17)20(21,22)23/h4-5,12,14,16H,3,6-11,13H2,1-2H3,(H,25,27). The molecule has 3 rings (SSSR count). The van der Waals surface area contributed by atoms with Crippen LogP contribution >= 0.6 is 0 Å². The molecule has 156 valence electrons. The highest BCUT2D eigenvalue weighted by molar-refractivity contribution is 5.79. The zero-order chi connectivity index (χ0) is 20.4. The van der Waals surface area contributed by atoms with Crippen molar-refractivity contribution in [3.63, 3.8) is 0 Å². The molecule has 1 aromatic heterocycles. The zero-order valence-electron chi connectivity index (χ0n) is 16.4. The van der Waals surface area contributed by atoms with E-state index in [4.69, 9.17) is 4.74 Å². The van der Waals surface area contributed by atoms with Crippen LogP contribution in [0.1, 0.15) is 45.1 Å². The average molecular weight is 399 g/mol. The number of nitrogens with zero attached hydrogens (tertiary/aromatic N) is 2. The first-order valence-corrected chi connectivity index (χ1v) is 9.84. The Balaban J connectivity index is 1.47. The fraction of sp³-hybridized carbons (Fsp3) is 0.700. The molecular formula is C20H28F3N3O2. The summed E-state index contributed by atoms with van der Waals surface area (Å²) in [5.74, 6) is 0.464. The molecule has 3 heterocycles. The molecule has 0 aromatic carbocycles. The van der Waals surface area contributed by atoms with E-state index in [9.17, 15) is 18.0 Å². The first kappa shape index (κ1) is 20.9.